The van der Waals surface area contributed by atoms with Crippen molar-refractivity contribution in [3.05, 3.63) is 34.6 Å². The molecule has 0 amide bonds. The van der Waals surface area contributed by atoms with Crippen molar-refractivity contribution >= 4 is 48.9 Å². The van der Waals surface area contributed by atoms with E-state index >= 15 is 0 Å². The van der Waals surface area contributed by atoms with E-state index in [1.54, 1.807) is 6.07 Å². The second-order valence-corrected chi connectivity index (χ2v) is 8.50. The predicted octanol–water partition coefficient (Wildman–Crippen LogP) is 4.79. The van der Waals surface area contributed by atoms with Gasteiger partial charge in [0, 0.05) is 6.42 Å². The zero-order valence-electron chi connectivity index (χ0n) is 12.6. The first kappa shape index (κ1) is 14.7. The molecule has 0 bridgehead atoms. The van der Waals surface area contributed by atoms with Crippen LogP contribution in [-0.4, -0.2) is 15.8 Å². The predicted molar refractivity (Wildman–Crippen MR) is 91.4 cm³/mol. The van der Waals surface area contributed by atoms with Gasteiger partial charge < -0.3 is 5.32 Å². The Kier molecular flexibility index (Phi) is 3.24. The molecule has 1 aliphatic carbocycles. The van der Waals surface area contributed by atoms with Gasteiger partial charge >= 0.3 is 0 Å². The van der Waals surface area contributed by atoms with Gasteiger partial charge in [-0.2, -0.15) is 0 Å². The van der Waals surface area contributed by atoms with Crippen LogP contribution in [0, 0.1) is 11.2 Å². The van der Waals surface area contributed by atoms with Crippen LogP contribution in [0.2, 0.25) is 0 Å². The first-order valence-corrected chi connectivity index (χ1v) is 8.90. The number of para-hydroxylation sites is 1. The van der Waals surface area contributed by atoms with Crippen LogP contribution < -0.4 is 5.32 Å². The highest BCUT2D eigenvalue weighted by molar-refractivity contribution is 7.23. The van der Waals surface area contributed by atoms with Gasteiger partial charge in [-0.25, -0.2) is 14.4 Å². The van der Waals surface area contributed by atoms with Crippen molar-refractivity contribution in [3.63, 3.8) is 0 Å². The lowest BCUT2D eigenvalue weighted by atomic mass is 9.78. The summed E-state index contributed by atoms with van der Waals surface area (Å²) in [6.45, 7) is 4.16. The summed E-state index contributed by atoms with van der Waals surface area (Å²) in [5, 5.41) is 4.35. The van der Waals surface area contributed by atoms with Crippen LogP contribution in [0.3, 0.4) is 0 Å². The second kappa shape index (κ2) is 5.07. The number of benzene rings is 1. The fourth-order valence-electron chi connectivity index (χ4n) is 2.83. The number of carbonyl (C=O) groups is 1. The smallest absolute Gasteiger partial charge is 0.190 e. The zero-order chi connectivity index (χ0) is 16.2. The van der Waals surface area contributed by atoms with E-state index in [1.165, 1.54) is 28.7 Å². The number of ketones is 1. The highest BCUT2D eigenvalue weighted by Gasteiger charge is 2.34. The molecule has 7 heteroatoms. The molecule has 4 rings (SSSR count). The Bertz CT molecular complexity index is 929. The summed E-state index contributed by atoms with van der Waals surface area (Å²) < 4.78 is 14.5. The molecule has 0 spiro atoms. The molecule has 3 aromatic rings. The van der Waals surface area contributed by atoms with E-state index in [-0.39, 0.29) is 17.0 Å². The minimum Gasteiger partial charge on any atom is -0.307 e. The fourth-order valence-corrected chi connectivity index (χ4v) is 4.70. The van der Waals surface area contributed by atoms with E-state index in [9.17, 15) is 9.18 Å². The first-order valence-electron chi connectivity index (χ1n) is 7.26. The van der Waals surface area contributed by atoms with Crippen molar-refractivity contribution in [1.29, 1.82) is 0 Å². The third-order valence-corrected chi connectivity index (χ3v) is 5.81. The Balaban J connectivity index is 1.67. The molecule has 2 aromatic heterocycles. The molecule has 118 valence electrons. The fraction of sp³-hybridized carbons (Fsp3) is 0.312. The molecule has 0 aliphatic heterocycles. The van der Waals surface area contributed by atoms with Gasteiger partial charge in [0.15, 0.2) is 16.0 Å². The van der Waals surface area contributed by atoms with Crippen molar-refractivity contribution < 1.29 is 9.18 Å². The molecule has 1 aliphatic rings. The Morgan fingerprint density at radius 3 is 2.74 bits per heavy atom. The van der Waals surface area contributed by atoms with E-state index in [2.05, 4.69) is 29.1 Å². The molecule has 1 aromatic carbocycles. The van der Waals surface area contributed by atoms with Gasteiger partial charge in [0.2, 0.25) is 0 Å². The number of anilines is 2. The molecule has 0 saturated carbocycles. The highest BCUT2D eigenvalue weighted by Crippen LogP contribution is 2.39. The van der Waals surface area contributed by atoms with Crippen LogP contribution in [0.4, 0.5) is 14.7 Å². The maximum atomic E-state index is 13.7. The molecule has 0 radical (unpaired) electrons. The molecular weight excluding hydrogens is 333 g/mol. The van der Waals surface area contributed by atoms with Crippen LogP contribution in [0.1, 0.15) is 35.6 Å². The Labute approximate surface area is 140 Å². The van der Waals surface area contributed by atoms with E-state index in [4.69, 9.17) is 0 Å². The van der Waals surface area contributed by atoms with Crippen molar-refractivity contribution in [1.82, 2.24) is 9.97 Å². The number of rotatable bonds is 2. The van der Waals surface area contributed by atoms with Crippen molar-refractivity contribution in [2.24, 2.45) is 5.41 Å². The molecule has 4 nitrogen and oxygen atoms in total. The van der Waals surface area contributed by atoms with Crippen molar-refractivity contribution in [3.8, 4) is 0 Å². The summed E-state index contributed by atoms with van der Waals surface area (Å²) >= 11 is 2.73. The lowest BCUT2D eigenvalue weighted by molar-refractivity contribution is 0.0916. The molecule has 1 N–H and O–H groups in total. The first-order chi connectivity index (χ1) is 10.9. The van der Waals surface area contributed by atoms with Gasteiger partial charge in [-0.1, -0.05) is 42.6 Å². The average molecular weight is 347 g/mol. The SMILES string of the molecule is CC1(C)CC(=O)c2sc(Nc3nc4c(F)cccc4s3)nc2C1. The number of aromatic nitrogens is 2. The van der Waals surface area contributed by atoms with Gasteiger partial charge in [-0.05, 0) is 24.0 Å². The Morgan fingerprint density at radius 2 is 1.96 bits per heavy atom. The summed E-state index contributed by atoms with van der Waals surface area (Å²) in [4.78, 5) is 21.8. The number of nitrogens with one attached hydrogen (secondary N) is 1. The normalized spacial score (nSPS) is 16.6. The molecular formula is C16H14FN3OS2. The van der Waals surface area contributed by atoms with E-state index < -0.39 is 0 Å². The molecule has 2 heterocycles. The summed E-state index contributed by atoms with van der Waals surface area (Å²) in [5.41, 5.74) is 1.17. The minimum atomic E-state index is -0.331. The number of nitrogens with zero attached hydrogens (tertiary/aromatic N) is 2. The molecule has 0 fully saturated rings. The van der Waals surface area contributed by atoms with Crippen LogP contribution >= 0.6 is 22.7 Å². The number of hydrogen-bond donors (Lipinski definition) is 1. The van der Waals surface area contributed by atoms with Crippen LogP contribution in [0.25, 0.3) is 10.2 Å². The minimum absolute atomic E-state index is 0.0472. The summed E-state index contributed by atoms with van der Waals surface area (Å²) in [5.74, 6) is -0.181. The molecule has 0 saturated heterocycles. The lowest BCUT2D eigenvalue weighted by Gasteiger charge is -2.26. The van der Waals surface area contributed by atoms with Gasteiger partial charge in [-0.3, -0.25) is 4.79 Å². The quantitative estimate of drug-likeness (QED) is 0.724. The Morgan fingerprint density at radius 1 is 1.17 bits per heavy atom. The topological polar surface area (TPSA) is 54.9 Å². The number of hydrogen-bond acceptors (Lipinski definition) is 6. The van der Waals surface area contributed by atoms with Gasteiger partial charge in [0.05, 0.1) is 15.3 Å². The average Bonchev–Trinajstić information content (AvgIpc) is 3.02. The van der Waals surface area contributed by atoms with E-state index in [0.717, 1.165) is 21.7 Å². The molecule has 0 unspecified atom stereocenters. The molecule has 0 atom stereocenters. The molecule has 23 heavy (non-hydrogen) atoms. The Hall–Kier alpha value is -1.86. The number of halogens is 1. The highest BCUT2D eigenvalue weighted by atomic mass is 32.1. The largest absolute Gasteiger partial charge is 0.307 e. The van der Waals surface area contributed by atoms with Crippen molar-refractivity contribution in [2.45, 2.75) is 26.7 Å². The maximum Gasteiger partial charge on any atom is 0.190 e. The van der Waals surface area contributed by atoms with Gasteiger partial charge in [0.25, 0.3) is 0 Å². The monoisotopic (exact) mass is 347 g/mol. The van der Waals surface area contributed by atoms with Crippen molar-refractivity contribution in [2.75, 3.05) is 5.32 Å². The lowest BCUT2D eigenvalue weighted by Crippen LogP contribution is -2.25. The summed E-state index contributed by atoms with van der Waals surface area (Å²) in [6, 6.07) is 4.90. The van der Waals surface area contributed by atoms with Gasteiger partial charge in [-0.15, -0.1) is 0 Å². The standard InChI is InChI=1S/C16H14FN3OS2/c1-16(2)6-9-13(10(21)7-16)23-14(18-9)20-15-19-12-8(17)4-3-5-11(12)22-15/h3-5H,6-7H2,1-2H3,(H,18,19,20). The third kappa shape index (κ3) is 2.64. The number of Topliss-reactive ketones (excluding diaryl/α,β-unsaturated/α-hetero) is 1. The number of thiazole rings is 2. The summed E-state index contributed by atoms with van der Waals surface area (Å²) in [6.07, 6.45) is 1.34. The van der Waals surface area contributed by atoms with Crippen LogP contribution in [0.5, 0.6) is 0 Å². The number of fused-ring (bicyclic) bond motifs is 2. The van der Waals surface area contributed by atoms with Crippen LogP contribution in [0.15, 0.2) is 18.2 Å². The third-order valence-electron chi connectivity index (χ3n) is 3.82. The summed E-state index contributed by atoms with van der Waals surface area (Å²) in [7, 11) is 0. The van der Waals surface area contributed by atoms with Gasteiger partial charge in [0.1, 0.15) is 11.3 Å². The van der Waals surface area contributed by atoms with Crippen LogP contribution in [-0.2, 0) is 6.42 Å². The second-order valence-electron chi connectivity index (χ2n) is 6.47. The number of carbonyl (C=O) groups excluding carboxylic acids is 1. The van der Waals surface area contributed by atoms with E-state index in [1.807, 2.05) is 6.07 Å². The van der Waals surface area contributed by atoms with E-state index in [0.29, 0.717) is 22.2 Å². The zero-order valence-corrected chi connectivity index (χ0v) is 14.3. The maximum absolute atomic E-state index is 13.7.